The number of likely N-dealkylation sites (N-methyl/N-ethyl adjacent to an activating group) is 1. The Hall–Kier alpha value is -1.46. The fourth-order valence-electron chi connectivity index (χ4n) is 2.28. The number of nitrogens with one attached hydrogen (secondary N) is 1. The van der Waals surface area contributed by atoms with Gasteiger partial charge >= 0.3 is 6.03 Å². The van der Waals surface area contributed by atoms with Gasteiger partial charge in [-0.3, -0.25) is 9.69 Å². The van der Waals surface area contributed by atoms with E-state index in [-0.39, 0.29) is 11.9 Å². The van der Waals surface area contributed by atoms with Crippen molar-refractivity contribution in [3.05, 3.63) is 29.8 Å². The highest BCUT2D eigenvalue weighted by molar-refractivity contribution is 6.18. The highest BCUT2D eigenvalue weighted by Crippen LogP contribution is 2.25. The fraction of sp³-hybridized carbons (Fsp3) is 0.429. The maximum Gasteiger partial charge on any atom is 0.324 e. The number of nitrogens with zero attached hydrogens (tertiary/aromatic N) is 2. The van der Waals surface area contributed by atoms with Crippen LogP contribution in [0.3, 0.4) is 0 Å². The zero-order valence-electron chi connectivity index (χ0n) is 11.7. The summed E-state index contributed by atoms with van der Waals surface area (Å²) < 4.78 is 0. The van der Waals surface area contributed by atoms with Gasteiger partial charge in [-0.05, 0) is 17.7 Å². The van der Waals surface area contributed by atoms with Gasteiger partial charge in [-0.1, -0.05) is 12.1 Å². The first-order chi connectivity index (χ1) is 10.1. The molecule has 0 spiro atoms. The molecule has 1 aromatic rings. The fourth-order valence-corrected chi connectivity index (χ4v) is 2.68. The number of benzene rings is 1. The molecule has 1 heterocycles. The van der Waals surface area contributed by atoms with Crippen LogP contribution in [0.4, 0.5) is 10.5 Å². The number of hydrogen-bond acceptors (Lipinski definition) is 3. The Morgan fingerprint density at radius 2 is 1.90 bits per heavy atom. The molecule has 0 radical (unpaired) electrons. The zero-order chi connectivity index (χ0) is 15.4. The van der Waals surface area contributed by atoms with E-state index >= 15 is 0 Å². The normalized spacial score (nSPS) is 18.0. The predicted molar refractivity (Wildman–Crippen MR) is 84.1 cm³/mol. The van der Waals surface area contributed by atoms with Crippen molar-refractivity contribution < 1.29 is 9.59 Å². The van der Waals surface area contributed by atoms with E-state index in [9.17, 15) is 9.59 Å². The van der Waals surface area contributed by atoms with E-state index < -0.39 is 6.04 Å². The summed E-state index contributed by atoms with van der Waals surface area (Å²) in [6.07, 6.45) is 0. The molecule has 1 N–H and O–H groups in total. The summed E-state index contributed by atoms with van der Waals surface area (Å²) in [6, 6.07) is 6.50. The summed E-state index contributed by atoms with van der Waals surface area (Å²) in [7, 11) is 1.47. The molecule has 2 rings (SSSR count). The lowest BCUT2D eigenvalue weighted by molar-refractivity contribution is -0.126. The first-order valence-electron chi connectivity index (χ1n) is 6.63. The second-order valence-corrected chi connectivity index (χ2v) is 5.50. The van der Waals surface area contributed by atoms with E-state index in [1.807, 2.05) is 24.3 Å². The molecule has 0 bridgehead atoms. The van der Waals surface area contributed by atoms with Crippen LogP contribution >= 0.6 is 23.2 Å². The van der Waals surface area contributed by atoms with Crippen LogP contribution in [0.5, 0.6) is 0 Å². The number of carbonyl (C=O) groups is 2. The quantitative estimate of drug-likeness (QED) is 0.643. The molecule has 3 amide bonds. The van der Waals surface area contributed by atoms with Gasteiger partial charge in [0.1, 0.15) is 6.04 Å². The molecule has 1 aromatic carbocycles. The maximum atomic E-state index is 12.0. The van der Waals surface area contributed by atoms with Gasteiger partial charge in [0.25, 0.3) is 5.91 Å². The first-order valence-corrected chi connectivity index (χ1v) is 7.70. The Morgan fingerprint density at radius 1 is 1.24 bits per heavy atom. The van der Waals surface area contributed by atoms with E-state index in [1.54, 1.807) is 0 Å². The van der Waals surface area contributed by atoms with Crippen LogP contribution in [0.25, 0.3) is 0 Å². The smallest absolute Gasteiger partial charge is 0.324 e. The topological polar surface area (TPSA) is 52.7 Å². The number of anilines is 1. The van der Waals surface area contributed by atoms with E-state index in [0.717, 1.165) is 16.2 Å². The van der Waals surface area contributed by atoms with Crippen molar-refractivity contribution in [1.82, 2.24) is 10.2 Å². The molecule has 114 valence electrons. The number of alkyl halides is 2. The molecule has 0 saturated carbocycles. The third-order valence-corrected chi connectivity index (χ3v) is 3.77. The van der Waals surface area contributed by atoms with Crippen LogP contribution in [-0.4, -0.2) is 48.7 Å². The number of rotatable bonds is 6. The molecule has 5 nitrogen and oxygen atoms in total. The van der Waals surface area contributed by atoms with Crippen molar-refractivity contribution in [2.75, 3.05) is 36.8 Å². The van der Waals surface area contributed by atoms with Crippen molar-refractivity contribution in [1.29, 1.82) is 0 Å². The lowest BCUT2D eigenvalue weighted by atomic mass is 10.1. The van der Waals surface area contributed by atoms with Crippen molar-refractivity contribution in [2.45, 2.75) is 6.04 Å². The third-order valence-electron chi connectivity index (χ3n) is 3.43. The van der Waals surface area contributed by atoms with Gasteiger partial charge < -0.3 is 10.2 Å². The van der Waals surface area contributed by atoms with Gasteiger partial charge in [0, 0.05) is 37.6 Å². The van der Waals surface area contributed by atoms with Gasteiger partial charge in [-0.15, -0.1) is 23.2 Å². The molecule has 7 heteroatoms. The molecule has 1 aliphatic heterocycles. The summed E-state index contributed by atoms with van der Waals surface area (Å²) >= 11 is 11.6. The van der Waals surface area contributed by atoms with Crippen molar-refractivity contribution >= 4 is 40.8 Å². The number of imide groups is 1. The number of halogens is 2. The van der Waals surface area contributed by atoms with Crippen LogP contribution in [0.2, 0.25) is 0 Å². The molecule has 1 saturated heterocycles. The molecule has 0 unspecified atom stereocenters. The van der Waals surface area contributed by atoms with Gasteiger partial charge in [0.05, 0.1) is 0 Å². The van der Waals surface area contributed by atoms with E-state index in [2.05, 4.69) is 10.2 Å². The lowest BCUT2D eigenvalue weighted by Crippen LogP contribution is -2.28. The highest BCUT2D eigenvalue weighted by atomic mass is 35.5. The van der Waals surface area contributed by atoms with Crippen LogP contribution < -0.4 is 10.2 Å². The van der Waals surface area contributed by atoms with E-state index in [0.29, 0.717) is 24.8 Å². The van der Waals surface area contributed by atoms with Crippen LogP contribution in [-0.2, 0) is 4.79 Å². The summed E-state index contributed by atoms with van der Waals surface area (Å²) in [5.41, 5.74) is 1.69. The number of urea groups is 1. The van der Waals surface area contributed by atoms with Gasteiger partial charge in [0.2, 0.25) is 0 Å². The monoisotopic (exact) mass is 329 g/mol. The van der Waals surface area contributed by atoms with Crippen molar-refractivity contribution in [2.24, 2.45) is 0 Å². The second kappa shape index (κ2) is 7.00. The standard InChI is InChI=1S/C14H17Cl2N3O2/c1-18-13(20)12(17-14(18)21)10-3-2-4-11(9-10)19(7-5-15)8-6-16/h2-4,9,12H,5-8H2,1H3,(H,17,21)/t12-/m0/s1. The van der Waals surface area contributed by atoms with Gasteiger partial charge in [-0.25, -0.2) is 4.79 Å². The van der Waals surface area contributed by atoms with Crippen molar-refractivity contribution in [3.63, 3.8) is 0 Å². The van der Waals surface area contributed by atoms with Crippen LogP contribution in [0.15, 0.2) is 24.3 Å². The Bertz CT molecular complexity index is 533. The molecule has 0 aromatic heterocycles. The molecular weight excluding hydrogens is 313 g/mol. The molecule has 21 heavy (non-hydrogen) atoms. The third kappa shape index (κ3) is 3.41. The van der Waals surface area contributed by atoms with Gasteiger partial charge in [-0.2, -0.15) is 0 Å². The van der Waals surface area contributed by atoms with E-state index in [4.69, 9.17) is 23.2 Å². The zero-order valence-corrected chi connectivity index (χ0v) is 13.2. The molecule has 1 aliphatic rings. The summed E-state index contributed by atoms with van der Waals surface area (Å²) in [4.78, 5) is 26.7. The SMILES string of the molecule is CN1C(=O)N[C@@H](c2cccc(N(CCCl)CCCl)c2)C1=O. The Kier molecular flexibility index (Phi) is 5.31. The second-order valence-electron chi connectivity index (χ2n) is 4.74. The molecule has 1 fully saturated rings. The average molecular weight is 330 g/mol. The lowest BCUT2D eigenvalue weighted by Gasteiger charge is -2.24. The maximum absolute atomic E-state index is 12.0. The highest BCUT2D eigenvalue weighted by Gasteiger charge is 2.36. The Morgan fingerprint density at radius 3 is 2.43 bits per heavy atom. The number of carbonyl (C=O) groups excluding carboxylic acids is 2. The Labute approximate surface area is 133 Å². The summed E-state index contributed by atoms with van der Waals surface area (Å²) in [6.45, 7) is 1.34. The summed E-state index contributed by atoms with van der Waals surface area (Å²) in [5, 5.41) is 2.67. The van der Waals surface area contributed by atoms with Crippen LogP contribution in [0.1, 0.15) is 11.6 Å². The van der Waals surface area contributed by atoms with Crippen molar-refractivity contribution in [3.8, 4) is 0 Å². The van der Waals surface area contributed by atoms with Gasteiger partial charge in [0.15, 0.2) is 0 Å². The number of amides is 3. The first kappa shape index (κ1) is 15.9. The molecular formula is C14H17Cl2N3O2. The van der Waals surface area contributed by atoms with Crippen LogP contribution in [0, 0.1) is 0 Å². The number of hydrogen-bond donors (Lipinski definition) is 1. The molecule has 0 aliphatic carbocycles. The average Bonchev–Trinajstić information content (AvgIpc) is 2.75. The predicted octanol–water partition coefficient (Wildman–Crippen LogP) is 2.19. The minimum atomic E-state index is -0.628. The van der Waals surface area contributed by atoms with E-state index in [1.165, 1.54) is 7.05 Å². The minimum Gasteiger partial charge on any atom is -0.369 e. The summed E-state index contributed by atoms with van der Waals surface area (Å²) in [5.74, 6) is 0.727. The minimum absolute atomic E-state index is 0.251. The molecule has 1 atom stereocenters. The largest absolute Gasteiger partial charge is 0.369 e. The Balaban J connectivity index is 2.25.